The fraction of sp³-hybridized carbons (Fsp3) is 0.167. The Kier molecular flexibility index (Phi) is 4.98. The minimum absolute atomic E-state index is 0.0842. The van der Waals surface area contributed by atoms with Crippen LogP contribution in [0.5, 0.6) is 0 Å². The van der Waals surface area contributed by atoms with Gasteiger partial charge in [0.2, 0.25) is 0 Å². The molecule has 0 fully saturated rings. The summed E-state index contributed by atoms with van der Waals surface area (Å²) < 4.78 is 1.87. The van der Waals surface area contributed by atoms with Crippen LogP contribution in [0.4, 0.5) is 0 Å². The fourth-order valence-corrected chi connectivity index (χ4v) is 2.46. The van der Waals surface area contributed by atoms with Crippen molar-refractivity contribution in [2.45, 2.75) is 6.54 Å². The standard InChI is InChI=1S/C18H18N4O2/c23-11-10-21(13-15-2-1-7-19-12-15)18(24)16-3-5-17(6-4-16)22-9-8-20-14-22/h1-9,12,14,23H,10-11,13H2. The van der Waals surface area contributed by atoms with E-state index < -0.39 is 0 Å². The zero-order chi connectivity index (χ0) is 16.8. The van der Waals surface area contributed by atoms with Crippen molar-refractivity contribution in [2.24, 2.45) is 0 Å². The lowest BCUT2D eigenvalue weighted by Gasteiger charge is -2.22. The Bertz CT molecular complexity index is 771. The van der Waals surface area contributed by atoms with Gasteiger partial charge in [0.25, 0.3) is 5.91 Å². The van der Waals surface area contributed by atoms with E-state index in [1.54, 1.807) is 42.0 Å². The summed E-state index contributed by atoms with van der Waals surface area (Å²) in [6, 6.07) is 11.0. The van der Waals surface area contributed by atoms with Crippen LogP contribution in [0.3, 0.4) is 0 Å². The molecule has 2 aromatic heterocycles. The highest BCUT2D eigenvalue weighted by atomic mass is 16.3. The molecular formula is C18H18N4O2. The summed E-state index contributed by atoms with van der Waals surface area (Å²) in [5, 5.41) is 9.26. The largest absolute Gasteiger partial charge is 0.395 e. The Morgan fingerprint density at radius 2 is 1.96 bits per heavy atom. The lowest BCUT2D eigenvalue weighted by molar-refractivity contribution is 0.0707. The molecule has 0 atom stereocenters. The Hall–Kier alpha value is -2.99. The van der Waals surface area contributed by atoms with Crippen molar-refractivity contribution in [1.82, 2.24) is 19.4 Å². The summed E-state index contributed by atoms with van der Waals surface area (Å²) in [6.07, 6.45) is 8.67. The molecule has 24 heavy (non-hydrogen) atoms. The maximum atomic E-state index is 12.7. The number of benzene rings is 1. The van der Waals surface area contributed by atoms with Crippen molar-refractivity contribution in [3.05, 3.63) is 78.6 Å². The summed E-state index contributed by atoms with van der Waals surface area (Å²) in [4.78, 5) is 22.4. The van der Waals surface area contributed by atoms with Gasteiger partial charge >= 0.3 is 0 Å². The highest BCUT2D eigenvalue weighted by molar-refractivity contribution is 5.94. The minimum atomic E-state index is -0.120. The molecule has 1 N–H and O–H groups in total. The van der Waals surface area contributed by atoms with Gasteiger partial charge in [-0.2, -0.15) is 0 Å². The van der Waals surface area contributed by atoms with E-state index in [1.165, 1.54) is 0 Å². The molecule has 1 amide bonds. The van der Waals surface area contributed by atoms with Crippen molar-refractivity contribution in [3.63, 3.8) is 0 Å². The molecule has 3 rings (SSSR count). The van der Waals surface area contributed by atoms with Gasteiger partial charge in [-0.05, 0) is 35.9 Å². The van der Waals surface area contributed by atoms with E-state index in [2.05, 4.69) is 9.97 Å². The van der Waals surface area contributed by atoms with E-state index in [1.807, 2.05) is 35.0 Å². The third-order valence-electron chi connectivity index (χ3n) is 3.67. The fourth-order valence-electron chi connectivity index (χ4n) is 2.46. The highest BCUT2D eigenvalue weighted by Gasteiger charge is 2.16. The smallest absolute Gasteiger partial charge is 0.254 e. The number of carbonyl (C=O) groups excluding carboxylic acids is 1. The van der Waals surface area contributed by atoms with Crippen molar-refractivity contribution in [1.29, 1.82) is 0 Å². The van der Waals surface area contributed by atoms with Gasteiger partial charge in [0.15, 0.2) is 0 Å². The topological polar surface area (TPSA) is 71.2 Å². The summed E-state index contributed by atoms with van der Waals surface area (Å²) >= 11 is 0. The van der Waals surface area contributed by atoms with E-state index in [9.17, 15) is 9.90 Å². The first-order chi connectivity index (χ1) is 11.8. The number of aliphatic hydroxyl groups is 1. The molecule has 3 aromatic rings. The Morgan fingerprint density at radius 3 is 2.58 bits per heavy atom. The number of aliphatic hydroxyl groups excluding tert-OH is 1. The van der Waals surface area contributed by atoms with Crippen LogP contribution < -0.4 is 0 Å². The van der Waals surface area contributed by atoms with Gasteiger partial charge in [-0.3, -0.25) is 9.78 Å². The quantitative estimate of drug-likeness (QED) is 0.752. The lowest BCUT2D eigenvalue weighted by Crippen LogP contribution is -2.33. The van der Waals surface area contributed by atoms with Crippen LogP contribution >= 0.6 is 0 Å². The Balaban J connectivity index is 1.77. The summed E-state index contributed by atoms with van der Waals surface area (Å²) in [5.41, 5.74) is 2.44. The zero-order valence-electron chi connectivity index (χ0n) is 13.1. The molecular weight excluding hydrogens is 304 g/mol. The molecule has 1 aromatic carbocycles. The predicted molar refractivity (Wildman–Crippen MR) is 89.6 cm³/mol. The Morgan fingerprint density at radius 1 is 1.12 bits per heavy atom. The maximum Gasteiger partial charge on any atom is 0.254 e. The Labute approximate surface area is 140 Å². The van der Waals surface area contributed by atoms with Crippen LogP contribution in [0.15, 0.2) is 67.5 Å². The summed E-state index contributed by atoms with van der Waals surface area (Å²) in [7, 11) is 0. The molecule has 0 bridgehead atoms. The second kappa shape index (κ2) is 7.52. The van der Waals surface area contributed by atoms with Crippen molar-refractivity contribution < 1.29 is 9.90 Å². The SMILES string of the molecule is O=C(c1ccc(-n2ccnc2)cc1)N(CCO)Cc1cccnc1. The van der Waals surface area contributed by atoms with Crippen LogP contribution in [-0.2, 0) is 6.54 Å². The molecule has 2 heterocycles. The van der Waals surface area contributed by atoms with Crippen molar-refractivity contribution in [3.8, 4) is 5.69 Å². The van der Waals surface area contributed by atoms with Gasteiger partial charge in [-0.25, -0.2) is 4.98 Å². The molecule has 0 saturated carbocycles. The van der Waals surface area contributed by atoms with Crippen LogP contribution in [0.25, 0.3) is 5.69 Å². The van der Waals surface area contributed by atoms with E-state index >= 15 is 0 Å². The molecule has 122 valence electrons. The zero-order valence-corrected chi connectivity index (χ0v) is 13.1. The van der Waals surface area contributed by atoms with Gasteiger partial charge in [-0.1, -0.05) is 6.07 Å². The second-order valence-electron chi connectivity index (χ2n) is 5.33. The second-order valence-corrected chi connectivity index (χ2v) is 5.33. The molecule has 0 unspecified atom stereocenters. The van der Waals surface area contributed by atoms with Gasteiger partial charge in [0.05, 0.1) is 12.9 Å². The number of carbonyl (C=O) groups is 1. The minimum Gasteiger partial charge on any atom is -0.395 e. The average Bonchev–Trinajstić information content (AvgIpc) is 3.16. The summed E-state index contributed by atoms with van der Waals surface area (Å²) in [6.45, 7) is 0.604. The molecule has 0 saturated heterocycles. The van der Waals surface area contributed by atoms with Crippen molar-refractivity contribution in [2.75, 3.05) is 13.2 Å². The van der Waals surface area contributed by atoms with Crippen LogP contribution in [0.2, 0.25) is 0 Å². The number of pyridine rings is 1. The van der Waals surface area contributed by atoms with Gasteiger partial charge in [0, 0.05) is 49.1 Å². The first-order valence-corrected chi connectivity index (χ1v) is 7.65. The number of hydrogen-bond donors (Lipinski definition) is 1. The predicted octanol–water partition coefficient (Wildman–Crippen LogP) is 1.90. The average molecular weight is 322 g/mol. The molecule has 0 spiro atoms. The van der Waals surface area contributed by atoms with Gasteiger partial charge < -0.3 is 14.6 Å². The van der Waals surface area contributed by atoms with Gasteiger partial charge in [-0.15, -0.1) is 0 Å². The monoisotopic (exact) mass is 322 g/mol. The lowest BCUT2D eigenvalue weighted by atomic mass is 10.1. The first kappa shape index (κ1) is 15.9. The molecule has 6 heteroatoms. The van der Waals surface area contributed by atoms with E-state index in [4.69, 9.17) is 0 Å². The third kappa shape index (κ3) is 3.67. The number of amides is 1. The summed E-state index contributed by atoms with van der Waals surface area (Å²) in [5.74, 6) is -0.120. The van der Waals surface area contributed by atoms with Gasteiger partial charge in [0.1, 0.15) is 0 Å². The number of imidazole rings is 1. The number of nitrogens with zero attached hydrogens (tertiary/aromatic N) is 4. The molecule has 0 aliphatic carbocycles. The van der Waals surface area contributed by atoms with Crippen molar-refractivity contribution >= 4 is 5.91 Å². The molecule has 0 aliphatic rings. The number of rotatable bonds is 6. The molecule has 0 aliphatic heterocycles. The first-order valence-electron chi connectivity index (χ1n) is 7.65. The number of hydrogen-bond acceptors (Lipinski definition) is 4. The van der Waals surface area contributed by atoms with Crippen LogP contribution in [0.1, 0.15) is 15.9 Å². The molecule has 6 nitrogen and oxygen atoms in total. The maximum absolute atomic E-state index is 12.7. The molecule has 0 radical (unpaired) electrons. The number of aromatic nitrogens is 3. The third-order valence-corrected chi connectivity index (χ3v) is 3.67. The highest BCUT2D eigenvalue weighted by Crippen LogP contribution is 2.13. The van der Waals surface area contributed by atoms with Crippen LogP contribution in [-0.4, -0.2) is 43.6 Å². The van der Waals surface area contributed by atoms with E-state index in [-0.39, 0.29) is 19.1 Å². The van der Waals surface area contributed by atoms with E-state index in [0.717, 1.165) is 11.3 Å². The van der Waals surface area contributed by atoms with Crippen LogP contribution in [0, 0.1) is 0 Å². The normalized spacial score (nSPS) is 10.5. The van der Waals surface area contributed by atoms with E-state index in [0.29, 0.717) is 12.1 Å².